The average Bonchev–Trinajstić information content (AvgIpc) is 2.46. The molecule has 126 valence electrons. The molecule has 9 heteroatoms. The lowest BCUT2D eigenvalue weighted by atomic mass is 10.1. The van der Waals surface area contributed by atoms with Gasteiger partial charge in [0.05, 0.1) is 31.1 Å². The van der Waals surface area contributed by atoms with Gasteiger partial charge < -0.3 is 19.7 Å². The van der Waals surface area contributed by atoms with Crippen molar-refractivity contribution in [2.45, 2.75) is 13.3 Å². The van der Waals surface area contributed by atoms with Gasteiger partial charge >= 0.3 is 11.9 Å². The topological polar surface area (TPSA) is 136 Å². The van der Waals surface area contributed by atoms with E-state index in [1.54, 1.807) is 6.08 Å². The molecule has 1 aromatic carbocycles. The molecular formula is C14H17NO8. The summed E-state index contributed by atoms with van der Waals surface area (Å²) in [4.78, 5) is 31.2. The predicted molar refractivity (Wildman–Crippen MR) is 80.2 cm³/mol. The van der Waals surface area contributed by atoms with Crippen molar-refractivity contribution in [3.8, 4) is 11.5 Å². The third-order valence-corrected chi connectivity index (χ3v) is 2.28. The molecule has 0 heterocycles. The Hall–Kier alpha value is -3.10. The largest absolute Gasteiger partial charge is 0.493 e. The standard InChI is InChI=1S/C11H11NO8.C3H6/c1-19-8-4-6(11(15)16)7(12(17)18)5-9(8)20-3-2-10(13)14;1-3-2/h4-5H,2-3H2,1H3,(H,13,14)(H,15,16);3H,1H2,2H3. The molecule has 0 spiro atoms. The van der Waals surface area contributed by atoms with E-state index >= 15 is 0 Å². The molecule has 0 aliphatic heterocycles. The highest BCUT2D eigenvalue weighted by Crippen LogP contribution is 2.34. The number of hydrogen-bond acceptors (Lipinski definition) is 6. The maximum Gasteiger partial charge on any atom is 0.342 e. The van der Waals surface area contributed by atoms with Gasteiger partial charge in [0, 0.05) is 6.07 Å². The van der Waals surface area contributed by atoms with Crippen molar-refractivity contribution < 1.29 is 34.2 Å². The Morgan fingerprint density at radius 3 is 2.30 bits per heavy atom. The molecule has 0 aliphatic carbocycles. The number of allylic oxidation sites excluding steroid dienone is 1. The molecule has 0 fully saturated rings. The molecule has 23 heavy (non-hydrogen) atoms. The lowest BCUT2D eigenvalue weighted by Gasteiger charge is -2.10. The van der Waals surface area contributed by atoms with E-state index < -0.39 is 28.1 Å². The fourth-order valence-corrected chi connectivity index (χ4v) is 1.39. The summed E-state index contributed by atoms with van der Waals surface area (Å²) in [6.45, 7) is 5.02. The number of carboxylic acid groups (broad SMARTS) is 2. The van der Waals surface area contributed by atoms with Crippen LogP contribution in [0.25, 0.3) is 0 Å². The van der Waals surface area contributed by atoms with Gasteiger partial charge in [0.25, 0.3) is 5.69 Å². The number of hydrogen-bond donors (Lipinski definition) is 2. The van der Waals surface area contributed by atoms with Gasteiger partial charge in [-0.15, -0.1) is 6.58 Å². The van der Waals surface area contributed by atoms with E-state index in [2.05, 4.69) is 6.58 Å². The van der Waals surface area contributed by atoms with Crippen LogP contribution in [0.4, 0.5) is 5.69 Å². The predicted octanol–water partition coefficient (Wildman–Crippen LogP) is 2.35. The molecule has 0 bridgehead atoms. The van der Waals surface area contributed by atoms with Crippen molar-refractivity contribution in [3.05, 3.63) is 40.5 Å². The molecule has 2 N–H and O–H groups in total. The van der Waals surface area contributed by atoms with Crippen LogP contribution >= 0.6 is 0 Å². The SMILES string of the molecule is C=CC.COc1cc(C(=O)O)c([N+](=O)[O-])cc1OCCC(=O)O. The molecule has 0 saturated heterocycles. The highest BCUT2D eigenvalue weighted by Gasteiger charge is 2.24. The molecular weight excluding hydrogens is 310 g/mol. The lowest BCUT2D eigenvalue weighted by Crippen LogP contribution is -2.08. The lowest BCUT2D eigenvalue weighted by molar-refractivity contribution is -0.385. The van der Waals surface area contributed by atoms with E-state index in [9.17, 15) is 19.7 Å². The van der Waals surface area contributed by atoms with Crippen LogP contribution in [0.1, 0.15) is 23.7 Å². The number of methoxy groups -OCH3 is 1. The maximum absolute atomic E-state index is 10.9. The molecule has 0 aromatic heterocycles. The van der Waals surface area contributed by atoms with Crippen LogP contribution in [0.2, 0.25) is 0 Å². The van der Waals surface area contributed by atoms with E-state index in [-0.39, 0.29) is 24.5 Å². The van der Waals surface area contributed by atoms with Gasteiger partial charge in [-0.05, 0) is 6.92 Å². The number of rotatable bonds is 7. The van der Waals surface area contributed by atoms with Crippen LogP contribution in [-0.4, -0.2) is 40.8 Å². The minimum Gasteiger partial charge on any atom is -0.493 e. The van der Waals surface area contributed by atoms with Crippen molar-refractivity contribution in [1.82, 2.24) is 0 Å². The second-order valence-corrected chi connectivity index (χ2v) is 3.98. The number of aromatic carboxylic acids is 1. The van der Waals surface area contributed by atoms with Crippen LogP contribution < -0.4 is 9.47 Å². The molecule has 0 radical (unpaired) electrons. The molecule has 0 unspecified atom stereocenters. The summed E-state index contributed by atoms with van der Waals surface area (Å²) in [5, 5.41) is 28.2. The fourth-order valence-electron chi connectivity index (χ4n) is 1.39. The van der Waals surface area contributed by atoms with Gasteiger partial charge in [-0.1, -0.05) is 6.08 Å². The van der Waals surface area contributed by atoms with Gasteiger partial charge in [-0.3, -0.25) is 14.9 Å². The molecule has 0 amide bonds. The smallest absolute Gasteiger partial charge is 0.342 e. The summed E-state index contributed by atoms with van der Waals surface area (Å²) in [5.74, 6) is -2.70. The van der Waals surface area contributed by atoms with Gasteiger partial charge in [0.1, 0.15) is 5.56 Å². The van der Waals surface area contributed by atoms with E-state index in [0.717, 1.165) is 12.1 Å². The molecule has 1 rings (SSSR count). The number of nitro groups is 1. The number of ether oxygens (including phenoxy) is 2. The van der Waals surface area contributed by atoms with Crippen molar-refractivity contribution in [2.24, 2.45) is 0 Å². The third-order valence-electron chi connectivity index (χ3n) is 2.28. The highest BCUT2D eigenvalue weighted by molar-refractivity contribution is 5.93. The number of nitrogens with zero attached hydrogens (tertiary/aromatic N) is 1. The van der Waals surface area contributed by atoms with Crippen LogP contribution in [0.5, 0.6) is 11.5 Å². The molecule has 0 saturated carbocycles. The minimum atomic E-state index is -1.48. The monoisotopic (exact) mass is 327 g/mol. The molecule has 9 nitrogen and oxygen atoms in total. The quantitative estimate of drug-likeness (QED) is 0.442. The number of carbonyl (C=O) groups is 2. The summed E-state index contributed by atoms with van der Waals surface area (Å²) in [7, 11) is 1.23. The van der Waals surface area contributed by atoms with Crippen LogP contribution in [-0.2, 0) is 4.79 Å². The minimum absolute atomic E-state index is 0.0293. The second kappa shape index (κ2) is 9.77. The van der Waals surface area contributed by atoms with Crippen molar-refractivity contribution in [3.63, 3.8) is 0 Å². The first-order valence-corrected chi connectivity index (χ1v) is 6.29. The number of aliphatic carboxylic acids is 1. The van der Waals surface area contributed by atoms with Crippen molar-refractivity contribution in [2.75, 3.05) is 13.7 Å². The number of nitro benzene ring substituents is 1. The van der Waals surface area contributed by atoms with Gasteiger partial charge in [0.15, 0.2) is 11.5 Å². The van der Waals surface area contributed by atoms with E-state index in [4.69, 9.17) is 19.7 Å². The average molecular weight is 327 g/mol. The van der Waals surface area contributed by atoms with Gasteiger partial charge in [-0.25, -0.2) is 4.79 Å². The first-order chi connectivity index (χ1) is 10.8. The number of carboxylic acids is 2. The first-order valence-electron chi connectivity index (χ1n) is 6.29. The van der Waals surface area contributed by atoms with Crippen LogP contribution in [0.3, 0.4) is 0 Å². The summed E-state index contributed by atoms with van der Waals surface area (Å²) in [5.41, 5.74) is -1.21. The fraction of sp³-hybridized carbons (Fsp3) is 0.286. The van der Waals surface area contributed by atoms with Crippen LogP contribution in [0, 0.1) is 10.1 Å². The Morgan fingerprint density at radius 1 is 1.35 bits per heavy atom. The zero-order valence-electron chi connectivity index (χ0n) is 12.6. The Morgan fingerprint density at radius 2 is 1.91 bits per heavy atom. The third kappa shape index (κ3) is 6.46. The van der Waals surface area contributed by atoms with E-state index in [1.807, 2.05) is 6.92 Å². The Balaban J connectivity index is 0.00000149. The summed E-state index contributed by atoms with van der Waals surface area (Å²) < 4.78 is 9.93. The van der Waals surface area contributed by atoms with E-state index in [0.29, 0.717) is 0 Å². The summed E-state index contributed by atoms with van der Waals surface area (Å²) in [6.07, 6.45) is 1.44. The van der Waals surface area contributed by atoms with Gasteiger partial charge in [0.2, 0.25) is 0 Å². The molecule has 0 atom stereocenters. The molecule has 0 aliphatic rings. The molecule has 1 aromatic rings. The van der Waals surface area contributed by atoms with E-state index in [1.165, 1.54) is 7.11 Å². The Bertz CT molecular complexity index is 597. The Labute approximate surface area is 131 Å². The summed E-state index contributed by atoms with van der Waals surface area (Å²) in [6, 6.07) is 1.85. The first kappa shape index (κ1) is 19.9. The zero-order valence-corrected chi connectivity index (χ0v) is 12.6. The highest BCUT2D eigenvalue weighted by atomic mass is 16.6. The zero-order chi connectivity index (χ0) is 18.0. The Kier molecular flexibility index (Phi) is 8.45. The number of benzene rings is 1. The maximum atomic E-state index is 10.9. The van der Waals surface area contributed by atoms with Crippen molar-refractivity contribution in [1.29, 1.82) is 0 Å². The van der Waals surface area contributed by atoms with Gasteiger partial charge in [-0.2, -0.15) is 0 Å². The van der Waals surface area contributed by atoms with Crippen LogP contribution in [0.15, 0.2) is 24.8 Å². The van der Waals surface area contributed by atoms with Crippen molar-refractivity contribution >= 4 is 17.6 Å². The summed E-state index contributed by atoms with van der Waals surface area (Å²) >= 11 is 0. The normalized spacial score (nSPS) is 9.13. The second-order valence-electron chi connectivity index (χ2n) is 3.98.